The van der Waals surface area contributed by atoms with Gasteiger partial charge in [0, 0.05) is 18.8 Å². The number of carbonyl (C=O) groups is 1. The van der Waals surface area contributed by atoms with Gasteiger partial charge in [0.1, 0.15) is 0 Å². The number of pyridine rings is 1. The molecule has 0 bridgehead atoms. The van der Waals surface area contributed by atoms with Gasteiger partial charge in [0.25, 0.3) is 0 Å². The van der Waals surface area contributed by atoms with Gasteiger partial charge in [0.2, 0.25) is 17.6 Å². The van der Waals surface area contributed by atoms with Crippen LogP contribution in [-0.4, -0.2) is 38.5 Å². The standard InChI is InChI=1S/C22H21N5O3S/c1-29-20-12-17(9-10-23-20)13-24-19(28)15-31-22-26-25-21(18-8-5-11-30-18)27(22)14-16-6-3-2-4-7-16/h2-12H,13-15H2,1H3,(H,24,28). The maximum atomic E-state index is 12.4. The molecule has 0 saturated carbocycles. The molecule has 0 saturated heterocycles. The molecule has 8 nitrogen and oxygen atoms in total. The Morgan fingerprint density at radius 1 is 1.13 bits per heavy atom. The highest BCUT2D eigenvalue weighted by Crippen LogP contribution is 2.25. The molecule has 4 aromatic rings. The highest BCUT2D eigenvalue weighted by atomic mass is 32.2. The summed E-state index contributed by atoms with van der Waals surface area (Å²) in [6, 6.07) is 17.3. The van der Waals surface area contributed by atoms with Gasteiger partial charge >= 0.3 is 0 Å². The quantitative estimate of drug-likeness (QED) is 0.403. The smallest absolute Gasteiger partial charge is 0.230 e. The molecule has 9 heteroatoms. The first-order valence-corrected chi connectivity index (χ1v) is 10.6. The molecular weight excluding hydrogens is 414 g/mol. The molecule has 0 aliphatic rings. The number of amides is 1. The molecule has 158 valence electrons. The third kappa shape index (κ3) is 5.32. The summed E-state index contributed by atoms with van der Waals surface area (Å²) in [6.07, 6.45) is 3.25. The van der Waals surface area contributed by atoms with Crippen molar-refractivity contribution < 1.29 is 13.9 Å². The minimum Gasteiger partial charge on any atom is -0.481 e. The third-order valence-electron chi connectivity index (χ3n) is 4.47. The molecule has 3 aromatic heterocycles. The van der Waals surface area contributed by atoms with Crippen LogP contribution in [0.2, 0.25) is 0 Å². The van der Waals surface area contributed by atoms with Crippen LogP contribution < -0.4 is 10.1 Å². The average molecular weight is 436 g/mol. The van der Waals surface area contributed by atoms with Gasteiger partial charge in [-0.1, -0.05) is 42.1 Å². The first-order valence-electron chi connectivity index (χ1n) is 9.62. The van der Waals surface area contributed by atoms with Crippen molar-refractivity contribution in [3.8, 4) is 17.5 Å². The van der Waals surface area contributed by atoms with Crippen molar-refractivity contribution >= 4 is 17.7 Å². The number of hydrogen-bond acceptors (Lipinski definition) is 7. The van der Waals surface area contributed by atoms with Gasteiger partial charge < -0.3 is 14.5 Å². The Balaban J connectivity index is 1.43. The SMILES string of the molecule is COc1cc(CNC(=O)CSc2nnc(-c3ccco3)n2Cc2ccccc2)ccn1. The Morgan fingerprint density at radius 3 is 2.77 bits per heavy atom. The molecule has 0 fully saturated rings. The molecular formula is C22H21N5O3S. The monoisotopic (exact) mass is 435 g/mol. The van der Waals surface area contributed by atoms with E-state index in [0.29, 0.717) is 35.7 Å². The van der Waals surface area contributed by atoms with E-state index in [9.17, 15) is 4.79 Å². The molecule has 3 heterocycles. The number of furan rings is 1. The van der Waals surface area contributed by atoms with E-state index in [2.05, 4.69) is 20.5 Å². The van der Waals surface area contributed by atoms with Crippen LogP contribution in [0, 0.1) is 0 Å². The number of carbonyl (C=O) groups excluding carboxylic acids is 1. The number of thioether (sulfide) groups is 1. The van der Waals surface area contributed by atoms with Crippen LogP contribution in [0.3, 0.4) is 0 Å². The van der Waals surface area contributed by atoms with E-state index in [-0.39, 0.29) is 11.7 Å². The lowest BCUT2D eigenvalue weighted by atomic mass is 10.2. The van der Waals surface area contributed by atoms with E-state index >= 15 is 0 Å². The Labute approximate surface area is 183 Å². The topological polar surface area (TPSA) is 95.1 Å². The first kappa shape index (κ1) is 20.7. The molecule has 0 spiro atoms. The summed E-state index contributed by atoms with van der Waals surface area (Å²) in [5, 5.41) is 12.1. The summed E-state index contributed by atoms with van der Waals surface area (Å²) in [5.41, 5.74) is 2.02. The minimum absolute atomic E-state index is 0.102. The van der Waals surface area contributed by atoms with Crippen molar-refractivity contribution in [3.05, 3.63) is 78.2 Å². The van der Waals surface area contributed by atoms with E-state index in [0.717, 1.165) is 11.1 Å². The van der Waals surface area contributed by atoms with Crippen molar-refractivity contribution in [2.24, 2.45) is 0 Å². The largest absolute Gasteiger partial charge is 0.481 e. The van der Waals surface area contributed by atoms with Crippen molar-refractivity contribution in [2.45, 2.75) is 18.2 Å². The number of methoxy groups -OCH3 is 1. The normalized spacial score (nSPS) is 10.7. The summed E-state index contributed by atoms with van der Waals surface area (Å²) in [5.74, 6) is 1.88. The van der Waals surface area contributed by atoms with Crippen molar-refractivity contribution in [3.63, 3.8) is 0 Å². The lowest BCUT2D eigenvalue weighted by molar-refractivity contribution is -0.118. The second kappa shape index (κ2) is 9.94. The zero-order valence-electron chi connectivity index (χ0n) is 16.9. The van der Waals surface area contributed by atoms with Crippen LogP contribution in [0.5, 0.6) is 5.88 Å². The Bertz CT molecular complexity index is 1130. The fraction of sp³-hybridized carbons (Fsp3) is 0.182. The predicted molar refractivity (Wildman–Crippen MR) is 117 cm³/mol. The lowest BCUT2D eigenvalue weighted by Crippen LogP contribution is -2.24. The van der Waals surface area contributed by atoms with Gasteiger partial charge in [0.15, 0.2) is 10.9 Å². The highest BCUT2D eigenvalue weighted by molar-refractivity contribution is 7.99. The van der Waals surface area contributed by atoms with Crippen LogP contribution in [0.4, 0.5) is 0 Å². The summed E-state index contributed by atoms with van der Waals surface area (Å²) in [7, 11) is 1.56. The fourth-order valence-corrected chi connectivity index (χ4v) is 3.71. The average Bonchev–Trinajstić information content (AvgIpc) is 3.47. The summed E-state index contributed by atoms with van der Waals surface area (Å²) in [6.45, 7) is 0.970. The number of nitrogens with one attached hydrogen (secondary N) is 1. The van der Waals surface area contributed by atoms with E-state index < -0.39 is 0 Å². The van der Waals surface area contributed by atoms with Gasteiger partial charge in [-0.25, -0.2) is 4.98 Å². The molecule has 1 aromatic carbocycles. The summed E-state index contributed by atoms with van der Waals surface area (Å²) < 4.78 is 12.6. The molecule has 0 unspecified atom stereocenters. The molecule has 4 rings (SSSR count). The molecule has 0 atom stereocenters. The van der Waals surface area contributed by atoms with Crippen molar-refractivity contribution in [1.29, 1.82) is 0 Å². The number of aromatic nitrogens is 4. The highest BCUT2D eigenvalue weighted by Gasteiger charge is 2.17. The summed E-state index contributed by atoms with van der Waals surface area (Å²) >= 11 is 1.33. The fourth-order valence-electron chi connectivity index (χ4n) is 2.95. The van der Waals surface area contributed by atoms with Crippen LogP contribution in [0.15, 0.2) is 76.6 Å². The zero-order chi connectivity index (χ0) is 21.5. The Morgan fingerprint density at radius 2 is 2.00 bits per heavy atom. The molecule has 0 aliphatic carbocycles. The first-order chi connectivity index (χ1) is 15.2. The van der Waals surface area contributed by atoms with E-state index in [1.165, 1.54) is 11.8 Å². The number of ether oxygens (including phenoxy) is 1. The second-order valence-corrected chi connectivity index (χ2v) is 7.57. The van der Waals surface area contributed by atoms with Gasteiger partial charge in [-0.2, -0.15) is 0 Å². The molecule has 0 aliphatic heterocycles. The second-order valence-electron chi connectivity index (χ2n) is 6.63. The number of benzene rings is 1. The van der Waals surface area contributed by atoms with Crippen LogP contribution in [-0.2, 0) is 17.9 Å². The number of rotatable bonds is 9. The molecule has 31 heavy (non-hydrogen) atoms. The third-order valence-corrected chi connectivity index (χ3v) is 5.44. The predicted octanol–water partition coefficient (Wildman–Crippen LogP) is 3.40. The number of hydrogen-bond donors (Lipinski definition) is 1. The van der Waals surface area contributed by atoms with E-state index in [1.54, 1.807) is 25.6 Å². The molecule has 1 amide bonds. The summed E-state index contributed by atoms with van der Waals surface area (Å²) in [4.78, 5) is 16.5. The van der Waals surface area contributed by atoms with Gasteiger partial charge in [-0.3, -0.25) is 9.36 Å². The minimum atomic E-state index is -0.102. The van der Waals surface area contributed by atoms with Crippen LogP contribution in [0.25, 0.3) is 11.6 Å². The van der Waals surface area contributed by atoms with Gasteiger partial charge in [0.05, 0.1) is 25.7 Å². The van der Waals surface area contributed by atoms with Crippen LogP contribution >= 0.6 is 11.8 Å². The van der Waals surface area contributed by atoms with Crippen molar-refractivity contribution in [2.75, 3.05) is 12.9 Å². The number of nitrogens with zero attached hydrogens (tertiary/aromatic N) is 4. The van der Waals surface area contributed by atoms with Crippen molar-refractivity contribution in [1.82, 2.24) is 25.1 Å². The Hall–Kier alpha value is -3.59. The molecule has 0 radical (unpaired) electrons. The Kier molecular flexibility index (Phi) is 6.63. The van der Waals surface area contributed by atoms with E-state index in [1.807, 2.05) is 53.1 Å². The molecule has 1 N–H and O–H groups in total. The van der Waals surface area contributed by atoms with Gasteiger partial charge in [-0.05, 0) is 29.3 Å². The van der Waals surface area contributed by atoms with Crippen LogP contribution in [0.1, 0.15) is 11.1 Å². The maximum absolute atomic E-state index is 12.4. The van der Waals surface area contributed by atoms with E-state index in [4.69, 9.17) is 9.15 Å². The maximum Gasteiger partial charge on any atom is 0.230 e. The lowest BCUT2D eigenvalue weighted by Gasteiger charge is -2.10. The zero-order valence-corrected chi connectivity index (χ0v) is 17.7. The van der Waals surface area contributed by atoms with Gasteiger partial charge in [-0.15, -0.1) is 10.2 Å².